The molecule has 1 fully saturated rings. The lowest BCUT2D eigenvalue weighted by molar-refractivity contribution is -0.140. The Morgan fingerprint density at radius 2 is 1.95 bits per heavy atom. The molecule has 0 radical (unpaired) electrons. The monoisotopic (exact) mass is 258 g/mol. The van der Waals surface area contributed by atoms with Gasteiger partial charge in [0.05, 0.1) is 5.71 Å². The summed E-state index contributed by atoms with van der Waals surface area (Å²) in [5.41, 5.74) is 3.13. The predicted molar refractivity (Wildman–Crippen MR) is 73.0 cm³/mol. The minimum atomic E-state index is -0.422. The van der Waals surface area contributed by atoms with Crippen molar-refractivity contribution >= 4 is 11.6 Å². The number of hydrogen-bond donors (Lipinski definition) is 0. The summed E-state index contributed by atoms with van der Waals surface area (Å²) < 4.78 is 0. The van der Waals surface area contributed by atoms with E-state index in [0.717, 1.165) is 37.2 Å². The normalized spacial score (nSPS) is 22.3. The first-order valence-electron chi connectivity index (χ1n) is 6.82. The van der Waals surface area contributed by atoms with Gasteiger partial charge in [0, 0.05) is 19.5 Å². The third kappa shape index (κ3) is 2.48. The van der Waals surface area contributed by atoms with Crippen LogP contribution in [0.1, 0.15) is 30.4 Å². The Hall–Kier alpha value is -1.84. The van der Waals surface area contributed by atoms with E-state index in [2.05, 4.69) is 12.1 Å². The van der Waals surface area contributed by atoms with Gasteiger partial charge in [0.25, 0.3) is 5.91 Å². The van der Waals surface area contributed by atoms with Gasteiger partial charge in [-0.3, -0.25) is 4.79 Å². The Bertz CT molecular complexity index is 501. The largest absolute Gasteiger partial charge is 0.382 e. The van der Waals surface area contributed by atoms with E-state index in [1.54, 1.807) is 0 Å². The topological polar surface area (TPSA) is 41.9 Å². The molecule has 1 atom stereocenters. The van der Waals surface area contributed by atoms with E-state index < -0.39 is 6.10 Å². The summed E-state index contributed by atoms with van der Waals surface area (Å²) in [5.74, 6) is 0.0864. The van der Waals surface area contributed by atoms with Gasteiger partial charge in [-0.2, -0.15) is 0 Å². The van der Waals surface area contributed by atoms with Gasteiger partial charge >= 0.3 is 0 Å². The van der Waals surface area contributed by atoms with Crippen LogP contribution in [0.5, 0.6) is 0 Å². The molecular weight excluding hydrogens is 240 g/mol. The van der Waals surface area contributed by atoms with E-state index in [1.807, 2.05) is 29.2 Å². The smallest absolute Gasteiger partial charge is 0.266 e. The molecule has 0 aliphatic carbocycles. The zero-order valence-electron chi connectivity index (χ0n) is 11.1. The molecule has 4 heteroatoms. The van der Waals surface area contributed by atoms with Crippen LogP contribution < -0.4 is 0 Å². The van der Waals surface area contributed by atoms with Crippen molar-refractivity contribution < 1.29 is 9.63 Å². The SMILES string of the molecule is Cc1ccc(C2=NO[C@@H](C(=O)N3CCCC3)C2)cc1. The lowest BCUT2D eigenvalue weighted by Gasteiger charge is -2.18. The average Bonchev–Trinajstić information content (AvgIpc) is 3.10. The minimum Gasteiger partial charge on any atom is -0.382 e. The molecular formula is C15H18N2O2. The van der Waals surface area contributed by atoms with Crippen molar-refractivity contribution in [1.82, 2.24) is 4.90 Å². The van der Waals surface area contributed by atoms with E-state index in [4.69, 9.17) is 4.84 Å². The number of likely N-dealkylation sites (tertiary alicyclic amines) is 1. The highest BCUT2D eigenvalue weighted by Gasteiger charge is 2.33. The van der Waals surface area contributed by atoms with Crippen LogP contribution in [-0.4, -0.2) is 35.7 Å². The van der Waals surface area contributed by atoms with Gasteiger partial charge < -0.3 is 9.74 Å². The summed E-state index contributed by atoms with van der Waals surface area (Å²) in [5, 5.41) is 4.08. The number of benzene rings is 1. The first-order chi connectivity index (χ1) is 9.24. The Labute approximate surface area is 113 Å². The summed E-state index contributed by atoms with van der Waals surface area (Å²) >= 11 is 0. The van der Waals surface area contributed by atoms with Crippen molar-refractivity contribution in [3.63, 3.8) is 0 Å². The van der Waals surface area contributed by atoms with Gasteiger partial charge in [-0.1, -0.05) is 35.0 Å². The molecule has 0 N–H and O–H groups in total. The van der Waals surface area contributed by atoms with Crippen molar-refractivity contribution in [2.24, 2.45) is 5.16 Å². The summed E-state index contributed by atoms with van der Waals surface area (Å²) in [7, 11) is 0. The summed E-state index contributed by atoms with van der Waals surface area (Å²) in [6.45, 7) is 3.77. The maximum absolute atomic E-state index is 12.2. The number of oxime groups is 1. The van der Waals surface area contributed by atoms with Gasteiger partial charge in [0.2, 0.25) is 6.10 Å². The minimum absolute atomic E-state index is 0.0864. The van der Waals surface area contributed by atoms with Gasteiger partial charge in [-0.05, 0) is 25.3 Å². The number of nitrogens with zero attached hydrogens (tertiary/aromatic N) is 2. The fourth-order valence-electron chi connectivity index (χ4n) is 2.57. The zero-order chi connectivity index (χ0) is 13.2. The molecule has 3 rings (SSSR count). The molecule has 0 unspecified atom stereocenters. The Balaban J connectivity index is 1.65. The van der Waals surface area contributed by atoms with E-state index in [9.17, 15) is 4.79 Å². The molecule has 1 amide bonds. The first-order valence-corrected chi connectivity index (χ1v) is 6.82. The van der Waals surface area contributed by atoms with Gasteiger partial charge in [0.1, 0.15) is 0 Å². The number of hydrogen-bond acceptors (Lipinski definition) is 3. The number of amides is 1. The van der Waals surface area contributed by atoms with E-state index in [0.29, 0.717) is 6.42 Å². The Morgan fingerprint density at radius 1 is 1.26 bits per heavy atom. The van der Waals surface area contributed by atoms with Crippen molar-refractivity contribution in [1.29, 1.82) is 0 Å². The van der Waals surface area contributed by atoms with Crippen molar-refractivity contribution in [2.45, 2.75) is 32.3 Å². The highest BCUT2D eigenvalue weighted by Crippen LogP contribution is 2.20. The Kier molecular flexibility index (Phi) is 3.23. The molecule has 0 aromatic heterocycles. The van der Waals surface area contributed by atoms with E-state index in [1.165, 1.54) is 5.56 Å². The Morgan fingerprint density at radius 3 is 2.63 bits per heavy atom. The molecule has 1 saturated heterocycles. The second-order valence-corrected chi connectivity index (χ2v) is 5.23. The lowest BCUT2D eigenvalue weighted by Crippen LogP contribution is -2.37. The molecule has 1 aromatic rings. The highest BCUT2D eigenvalue weighted by molar-refractivity contribution is 6.04. The summed E-state index contributed by atoms with van der Waals surface area (Å²) in [4.78, 5) is 19.4. The molecule has 0 spiro atoms. The molecule has 100 valence electrons. The number of carbonyl (C=O) groups is 1. The predicted octanol–water partition coefficient (Wildman–Crippen LogP) is 2.11. The first kappa shape index (κ1) is 12.2. The van der Waals surface area contributed by atoms with E-state index in [-0.39, 0.29) is 5.91 Å². The summed E-state index contributed by atoms with van der Waals surface area (Å²) in [6, 6.07) is 8.15. The molecule has 0 bridgehead atoms. The van der Waals surface area contributed by atoms with Crippen molar-refractivity contribution in [2.75, 3.05) is 13.1 Å². The second kappa shape index (κ2) is 5.03. The summed E-state index contributed by atoms with van der Waals surface area (Å²) in [6.07, 6.45) is 2.36. The maximum Gasteiger partial charge on any atom is 0.266 e. The molecule has 4 nitrogen and oxygen atoms in total. The maximum atomic E-state index is 12.2. The number of rotatable bonds is 2. The van der Waals surface area contributed by atoms with Crippen LogP contribution in [0.2, 0.25) is 0 Å². The lowest BCUT2D eigenvalue weighted by atomic mass is 10.0. The van der Waals surface area contributed by atoms with Crippen LogP contribution in [0.25, 0.3) is 0 Å². The van der Waals surface area contributed by atoms with Gasteiger partial charge in [-0.25, -0.2) is 0 Å². The van der Waals surface area contributed by atoms with E-state index >= 15 is 0 Å². The third-order valence-corrected chi connectivity index (χ3v) is 3.75. The third-order valence-electron chi connectivity index (χ3n) is 3.75. The second-order valence-electron chi connectivity index (χ2n) is 5.23. The van der Waals surface area contributed by atoms with Crippen LogP contribution in [0, 0.1) is 6.92 Å². The van der Waals surface area contributed by atoms with Gasteiger partial charge in [0.15, 0.2) is 0 Å². The van der Waals surface area contributed by atoms with Crippen LogP contribution in [0.4, 0.5) is 0 Å². The molecule has 2 aliphatic rings. The van der Waals surface area contributed by atoms with Crippen molar-refractivity contribution in [3.05, 3.63) is 35.4 Å². The van der Waals surface area contributed by atoms with Gasteiger partial charge in [-0.15, -0.1) is 0 Å². The van der Waals surface area contributed by atoms with Crippen molar-refractivity contribution in [3.8, 4) is 0 Å². The molecule has 1 aromatic carbocycles. The molecule has 19 heavy (non-hydrogen) atoms. The van der Waals surface area contributed by atoms with Crippen LogP contribution >= 0.6 is 0 Å². The average molecular weight is 258 g/mol. The van der Waals surface area contributed by atoms with Crippen LogP contribution in [0.3, 0.4) is 0 Å². The fourth-order valence-corrected chi connectivity index (χ4v) is 2.57. The molecule has 2 heterocycles. The van der Waals surface area contributed by atoms with Crippen LogP contribution in [0.15, 0.2) is 29.4 Å². The molecule has 0 saturated carbocycles. The fraction of sp³-hybridized carbons (Fsp3) is 0.467. The highest BCUT2D eigenvalue weighted by atomic mass is 16.6. The quantitative estimate of drug-likeness (QED) is 0.815. The van der Waals surface area contributed by atoms with Crippen LogP contribution in [-0.2, 0) is 9.63 Å². The molecule has 2 aliphatic heterocycles. The number of carbonyl (C=O) groups excluding carboxylic acids is 1. The zero-order valence-corrected chi connectivity index (χ0v) is 11.1. The standard InChI is InChI=1S/C15H18N2O2/c1-11-4-6-12(7-5-11)13-10-14(19-16-13)15(18)17-8-2-3-9-17/h4-7,14H,2-3,8-10H2,1H3/t14-/m1/s1. The number of aryl methyl sites for hydroxylation is 1.